The minimum absolute atomic E-state index is 0.398. The second-order valence-electron chi connectivity index (χ2n) is 9.40. The van der Waals surface area contributed by atoms with Crippen molar-refractivity contribution in [3.63, 3.8) is 0 Å². The molecular formula is C28H30N4O4. The van der Waals surface area contributed by atoms with E-state index in [0.29, 0.717) is 12.1 Å². The lowest BCUT2D eigenvalue weighted by Crippen LogP contribution is -2.24. The van der Waals surface area contributed by atoms with Gasteiger partial charge in [-0.1, -0.05) is 37.3 Å². The number of carbonyl (C=O) groups excluding carboxylic acids is 2. The first kappa shape index (κ1) is 24.9. The largest absolute Gasteiger partial charge is 0.427 e. The summed E-state index contributed by atoms with van der Waals surface area (Å²) in [6.07, 6.45) is 2.60. The Labute approximate surface area is 210 Å². The Balaban J connectivity index is 1.44. The molecule has 2 heterocycles. The fourth-order valence-electron chi connectivity index (χ4n) is 3.65. The molecule has 2 aromatic heterocycles. The van der Waals surface area contributed by atoms with Gasteiger partial charge in [0.2, 0.25) is 6.79 Å². The van der Waals surface area contributed by atoms with E-state index >= 15 is 0 Å². The highest BCUT2D eigenvalue weighted by molar-refractivity contribution is 5.97. The van der Waals surface area contributed by atoms with Gasteiger partial charge in [-0.05, 0) is 62.6 Å². The maximum Gasteiger partial charge on any atom is 0.341 e. The Hall–Kier alpha value is -4.20. The second-order valence-corrected chi connectivity index (χ2v) is 9.40. The summed E-state index contributed by atoms with van der Waals surface area (Å²) in [7, 11) is 0. The molecule has 8 heteroatoms. The second kappa shape index (κ2) is 10.6. The van der Waals surface area contributed by atoms with Crippen molar-refractivity contribution in [1.29, 1.82) is 0 Å². The van der Waals surface area contributed by atoms with E-state index in [1.54, 1.807) is 39.1 Å². The van der Waals surface area contributed by atoms with Gasteiger partial charge in [0.1, 0.15) is 0 Å². The third kappa shape index (κ3) is 5.71. The first-order valence-corrected chi connectivity index (χ1v) is 11.9. The van der Waals surface area contributed by atoms with Crippen molar-refractivity contribution in [2.24, 2.45) is 5.41 Å². The van der Waals surface area contributed by atoms with Crippen LogP contribution >= 0.6 is 0 Å². The molecule has 0 unspecified atom stereocenters. The summed E-state index contributed by atoms with van der Waals surface area (Å²) < 4.78 is 12.1. The minimum Gasteiger partial charge on any atom is -0.427 e. The molecule has 4 aromatic rings. The number of rotatable bonds is 8. The van der Waals surface area contributed by atoms with Gasteiger partial charge >= 0.3 is 11.9 Å². The van der Waals surface area contributed by atoms with Crippen LogP contribution in [0.1, 0.15) is 49.4 Å². The molecule has 0 aliphatic carbocycles. The van der Waals surface area contributed by atoms with E-state index in [4.69, 9.17) is 9.47 Å². The van der Waals surface area contributed by atoms with E-state index in [1.807, 2.05) is 47.0 Å². The molecule has 0 atom stereocenters. The Morgan fingerprint density at radius 1 is 1.00 bits per heavy atom. The van der Waals surface area contributed by atoms with Gasteiger partial charge in [0.25, 0.3) is 0 Å². The molecule has 0 aliphatic heterocycles. The quantitative estimate of drug-likeness (QED) is 0.268. The molecule has 0 spiro atoms. The molecule has 0 radical (unpaired) electrons. The van der Waals surface area contributed by atoms with Crippen LogP contribution in [0, 0.1) is 5.41 Å². The summed E-state index contributed by atoms with van der Waals surface area (Å²) in [5.74, 6) is -0.986. The van der Waals surface area contributed by atoms with Crippen molar-refractivity contribution in [2.75, 3.05) is 12.1 Å². The fraction of sp³-hybridized carbons (Fsp3) is 0.286. The summed E-state index contributed by atoms with van der Waals surface area (Å²) in [6, 6.07) is 19.0. The molecule has 0 aliphatic rings. The lowest BCUT2D eigenvalue weighted by molar-refractivity contribution is -0.161. The number of nitrogens with one attached hydrogen (secondary N) is 1. The summed E-state index contributed by atoms with van der Waals surface area (Å²) in [4.78, 5) is 29.2. The average Bonchev–Trinajstić information content (AvgIpc) is 3.35. The number of carbonyl (C=O) groups is 2. The van der Waals surface area contributed by atoms with E-state index < -0.39 is 24.1 Å². The molecule has 1 N–H and O–H groups in total. The van der Waals surface area contributed by atoms with Crippen LogP contribution in [0.3, 0.4) is 0 Å². The fourth-order valence-corrected chi connectivity index (χ4v) is 3.65. The summed E-state index contributed by atoms with van der Waals surface area (Å²) >= 11 is 0. The highest BCUT2D eigenvalue weighted by Gasteiger charge is 2.23. The van der Waals surface area contributed by atoms with Crippen molar-refractivity contribution < 1.29 is 19.1 Å². The third-order valence-electron chi connectivity index (χ3n) is 5.66. The molecule has 0 fully saturated rings. The van der Waals surface area contributed by atoms with Gasteiger partial charge in [0, 0.05) is 17.4 Å². The van der Waals surface area contributed by atoms with Crippen LogP contribution in [-0.2, 0) is 27.2 Å². The van der Waals surface area contributed by atoms with Crippen molar-refractivity contribution >= 4 is 23.3 Å². The van der Waals surface area contributed by atoms with Crippen LogP contribution in [0.2, 0.25) is 0 Å². The number of nitrogens with zero attached hydrogens (tertiary/aromatic N) is 3. The summed E-state index contributed by atoms with van der Waals surface area (Å²) in [5.41, 5.74) is 5.14. The molecule has 8 nitrogen and oxygen atoms in total. The molecule has 0 saturated carbocycles. The van der Waals surface area contributed by atoms with Gasteiger partial charge in [0.15, 0.2) is 5.65 Å². The first-order chi connectivity index (χ1) is 17.3. The van der Waals surface area contributed by atoms with Gasteiger partial charge < -0.3 is 14.8 Å². The number of hydrogen-bond donors (Lipinski definition) is 1. The molecule has 36 heavy (non-hydrogen) atoms. The van der Waals surface area contributed by atoms with Gasteiger partial charge in [-0.2, -0.15) is 5.10 Å². The number of anilines is 1. The lowest BCUT2D eigenvalue weighted by Gasteiger charge is -2.16. The smallest absolute Gasteiger partial charge is 0.341 e. The SMILES string of the molecule is CCc1cc(CNc2ccc(-c3ccccc3C(=O)OCOC(=O)C(C)(C)C)cc2)n2nccc2n1. The summed E-state index contributed by atoms with van der Waals surface area (Å²) in [6.45, 7) is 7.46. The van der Waals surface area contributed by atoms with Crippen LogP contribution in [0.5, 0.6) is 0 Å². The molecule has 2 aromatic carbocycles. The van der Waals surface area contributed by atoms with E-state index in [0.717, 1.165) is 40.3 Å². The Bertz CT molecular complexity index is 1370. The van der Waals surface area contributed by atoms with Crippen molar-refractivity contribution in [3.8, 4) is 11.1 Å². The third-order valence-corrected chi connectivity index (χ3v) is 5.66. The maximum absolute atomic E-state index is 12.7. The highest BCUT2D eigenvalue weighted by Crippen LogP contribution is 2.26. The Kier molecular flexibility index (Phi) is 7.33. The topological polar surface area (TPSA) is 94.8 Å². The summed E-state index contributed by atoms with van der Waals surface area (Å²) in [5, 5.41) is 7.80. The van der Waals surface area contributed by atoms with Gasteiger partial charge in [-0.3, -0.25) is 4.79 Å². The number of aryl methyl sites for hydroxylation is 1. The van der Waals surface area contributed by atoms with Crippen LogP contribution in [0.4, 0.5) is 5.69 Å². The first-order valence-electron chi connectivity index (χ1n) is 11.9. The van der Waals surface area contributed by atoms with Crippen LogP contribution in [-0.4, -0.2) is 33.3 Å². The van der Waals surface area contributed by atoms with E-state index in [-0.39, 0.29) is 0 Å². The number of benzene rings is 2. The molecular weight excluding hydrogens is 456 g/mol. The zero-order valence-electron chi connectivity index (χ0n) is 20.9. The number of fused-ring (bicyclic) bond motifs is 1. The molecule has 0 saturated heterocycles. The predicted molar refractivity (Wildman–Crippen MR) is 137 cm³/mol. The zero-order valence-corrected chi connectivity index (χ0v) is 20.9. The van der Waals surface area contributed by atoms with Crippen LogP contribution in [0.25, 0.3) is 16.8 Å². The number of aromatic nitrogens is 3. The normalized spacial score (nSPS) is 11.3. The average molecular weight is 487 g/mol. The molecule has 186 valence electrons. The van der Waals surface area contributed by atoms with Gasteiger partial charge in [0.05, 0.1) is 29.4 Å². The van der Waals surface area contributed by atoms with Crippen LogP contribution < -0.4 is 5.32 Å². The Morgan fingerprint density at radius 3 is 2.47 bits per heavy atom. The number of ether oxygens (including phenoxy) is 2. The van der Waals surface area contributed by atoms with E-state index in [1.165, 1.54) is 0 Å². The number of esters is 2. The highest BCUT2D eigenvalue weighted by atomic mass is 16.7. The van der Waals surface area contributed by atoms with Gasteiger partial charge in [-0.15, -0.1) is 0 Å². The minimum atomic E-state index is -0.666. The van der Waals surface area contributed by atoms with Crippen molar-refractivity contribution in [2.45, 2.75) is 40.7 Å². The lowest BCUT2D eigenvalue weighted by atomic mass is 9.98. The predicted octanol–water partition coefficient (Wildman–Crippen LogP) is 5.27. The van der Waals surface area contributed by atoms with E-state index in [2.05, 4.69) is 28.4 Å². The number of hydrogen-bond acceptors (Lipinski definition) is 7. The zero-order chi connectivity index (χ0) is 25.7. The molecule has 4 rings (SSSR count). The van der Waals surface area contributed by atoms with Crippen molar-refractivity contribution in [3.05, 3.63) is 83.8 Å². The van der Waals surface area contributed by atoms with Crippen LogP contribution in [0.15, 0.2) is 66.9 Å². The maximum atomic E-state index is 12.7. The molecule has 0 amide bonds. The van der Waals surface area contributed by atoms with Crippen molar-refractivity contribution in [1.82, 2.24) is 14.6 Å². The van der Waals surface area contributed by atoms with Gasteiger partial charge in [-0.25, -0.2) is 14.3 Å². The Morgan fingerprint density at radius 2 is 1.75 bits per heavy atom. The standard InChI is InChI=1S/C28H30N4O4/c1-5-20-16-22(32-25(31-20)14-15-30-32)17-29-21-12-10-19(11-13-21)23-8-6-7-9-24(23)26(33)35-18-36-27(34)28(2,3)4/h6-16,29H,5,17-18H2,1-4H3. The monoisotopic (exact) mass is 486 g/mol. The van der Waals surface area contributed by atoms with E-state index in [9.17, 15) is 9.59 Å². The molecule has 0 bridgehead atoms.